The summed E-state index contributed by atoms with van der Waals surface area (Å²) < 4.78 is 39.1. The Morgan fingerprint density at radius 1 is 1.31 bits per heavy atom. The van der Waals surface area contributed by atoms with Gasteiger partial charge in [-0.25, -0.2) is 17.8 Å². The number of hydrogen-bond acceptors (Lipinski definition) is 5. The van der Waals surface area contributed by atoms with Crippen LogP contribution in [0.2, 0.25) is 0 Å². The van der Waals surface area contributed by atoms with Crippen molar-refractivity contribution in [2.75, 3.05) is 29.0 Å². The Balaban J connectivity index is 1.70. The second-order valence-corrected chi connectivity index (χ2v) is 10.7. The number of aromatic nitrogens is 1. The van der Waals surface area contributed by atoms with Gasteiger partial charge in [0.25, 0.3) is 0 Å². The van der Waals surface area contributed by atoms with Gasteiger partial charge >= 0.3 is 0 Å². The number of pyridine rings is 1. The van der Waals surface area contributed by atoms with Crippen molar-refractivity contribution in [1.29, 1.82) is 0 Å². The van der Waals surface area contributed by atoms with E-state index in [0.29, 0.717) is 24.3 Å². The highest BCUT2D eigenvalue weighted by Gasteiger charge is 2.22. The van der Waals surface area contributed by atoms with Gasteiger partial charge in [-0.3, -0.25) is 9.52 Å². The molecule has 2 heterocycles. The Hall–Kier alpha value is -2.48. The average molecular weight is 462 g/mol. The zero-order chi connectivity index (χ0) is 23.5. The summed E-state index contributed by atoms with van der Waals surface area (Å²) in [6, 6.07) is 8.20. The zero-order valence-corrected chi connectivity index (χ0v) is 20.0. The molecule has 8 heteroatoms. The number of nitrogens with one attached hydrogen (secondary N) is 1. The van der Waals surface area contributed by atoms with Crippen molar-refractivity contribution < 1.29 is 17.6 Å². The van der Waals surface area contributed by atoms with Crippen LogP contribution in [0.5, 0.6) is 0 Å². The van der Waals surface area contributed by atoms with E-state index in [4.69, 9.17) is 4.98 Å². The number of aryl methyl sites for hydroxylation is 2. The topological polar surface area (TPSA) is 79.4 Å². The fraction of sp³-hybridized carbons (Fsp3) is 0.500. The third-order valence-corrected chi connectivity index (χ3v) is 6.55. The van der Waals surface area contributed by atoms with Gasteiger partial charge in [-0.15, -0.1) is 0 Å². The minimum absolute atomic E-state index is 0.00626. The molecule has 0 saturated carbocycles. The lowest BCUT2D eigenvalue weighted by Gasteiger charge is -2.33. The maximum Gasteiger partial charge on any atom is 0.229 e. The molecule has 0 radical (unpaired) electrons. The van der Waals surface area contributed by atoms with Crippen LogP contribution in [-0.2, 0) is 21.2 Å². The molecule has 174 valence electrons. The summed E-state index contributed by atoms with van der Waals surface area (Å²) in [6.07, 6.45) is 4.23. The van der Waals surface area contributed by atoms with Crippen molar-refractivity contribution in [3.8, 4) is 0 Å². The largest absolute Gasteiger partial charge is 0.356 e. The molecule has 1 fully saturated rings. The molecule has 2 atom stereocenters. The maximum absolute atomic E-state index is 14.3. The molecular weight excluding hydrogens is 429 g/mol. The molecule has 3 rings (SSSR count). The van der Waals surface area contributed by atoms with Crippen molar-refractivity contribution in [1.82, 2.24) is 4.98 Å². The maximum atomic E-state index is 14.3. The molecule has 1 N–H and O–H groups in total. The van der Waals surface area contributed by atoms with Crippen LogP contribution >= 0.6 is 0 Å². The minimum Gasteiger partial charge on any atom is -0.356 e. The van der Waals surface area contributed by atoms with E-state index in [2.05, 4.69) is 22.6 Å². The average Bonchev–Trinajstić information content (AvgIpc) is 2.72. The van der Waals surface area contributed by atoms with Crippen LogP contribution in [0.1, 0.15) is 55.8 Å². The number of benzene rings is 1. The highest BCUT2D eigenvalue weighted by atomic mass is 32.2. The number of ketones is 1. The number of rotatable bonds is 8. The first-order valence-corrected chi connectivity index (χ1v) is 12.9. The monoisotopic (exact) mass is 461 g/mol. The standard InChI is InChI=1S/C24H32FN3O3S/c1-16-6-5-13-28(15-16)24-19(8-7-17(2)26-24)10-12-23(29)18(3)20-9-11-22(21(25)14-20)27-32(4,30)31/h7-9,11,14,16,18,27H,5-6,10,12-13,15H2,1-4H3. The van der Waals surface area contributed by atoms with Crippen LogP contribution in [0.3, 0.4) is 0 Å². The quantitative estimate of drug-likeness (QED) is 0.629. The lowest BCUT2D eigenvalue weighted by atomic mass is 9.92. The first-order chi connectivity index (χ1) is 15.0. The Labute approximate surface area is 190 Å². The number of anilines is 2. The Bertz CT molecular complexity index is 1090. The molecule has 0 spiro atoms. The van der Waals surface area contributed by atoms with Gasteiger partial charge in [0.1, 0.15) is 17.4 Å². The first-order valence-electron chi connectivity index (χ1n) is 11.0. The van der Waals surface area contributed by atoms with Gasteiger partial charge in [0.15, 0.2) is 0 Å². The van der Waals surface area contributed by atoms with E-state index in [0.717, 1.165) is 42.8 Å². The number of hydrogen-bond donors (Lipinski definition) is 1. The number of nitrogens with zero attached hydrogens (tertiary/aromatic N) is 2. The van der Waals surface area contributed by atoms with Crippen molar-refractivity contribution in [2.45, 2.75) is 52.4 Å². The van der Waals surface area contributed by atoms with Crippen LogP contribution in [0.15, 0.2) is 30.3 Å². The number of carbonyl (C=O) groups is 1. The van der Waals surface area contributed by atoms with Crippen LogP contribution in [-0.4, -0.2) is 38.5 Å². The van der Waals surface area contributed by atoms with E-state index in [1.807, 2.05) is 13.0 Å². The van der Waals surface area contributed by atoms with Crippen molar-refractivity contribution in [2.24, 2.45) is 5.92 Å². The molecule has 1 aromatic heterocycles. The second-order valence-electron chi connectivity index (χ2n) is 8.93. The predicted molar refractivity (Wildman–Crippen MR) is 126 cm³/mol. The van der Waals surface area contributed by atoms with E-state index in [9.17, 15) is 17.6 Å². The molecule has 1 aliphatic rings. The predicted octanol–water partition coefficient (Wildman–Crippen LogP) is 4.44. The lowest BCUT2D eigenvalue weighted by molar-refractivity contribution is -0.120. The number of piperidine rings is 1. The third kappa shape index (κ3) is 6.28. The molecule has 2 unspecified atom stereocenters. The molecule has 1 aliphatic heterocycles. The first kappa shape index (κ1) is 24.2. The number of halogens is 1. The Morgan fingerprint density at radius 3 is 2.72 bits per heavy atom. The molecular formula is C24H32FN3O3S. The molecule has 32 heavy (non-hydrogen) atoms. The smallest absolute Gasteiger partial charge is 0.229 e. The van der Waals surface area contributed by atoms with E-state index in [-0.39, 0.29) is 11.5 Å². The number of Topliss-reactive ketones (excluding diaryl/α,β-unsaturated/α-hetero) is 1. The number of sulfonamides is 1. The van der Waals surface area contributed by atoms with Crippen LogP contribution < -0.4 is 9.62 Å². The van der Waals surface area contributed by atoms with Gasteiger partial charge in [0, 0.05) is 31.1 Å². The normalized spacial score (nSPS) is 17.8. The number of carbonyl (C=O) groups excluding carboxylic acids is 1. The van der Waals surface area contributed by atoms with E-state index in [1.54, 1.807) is 13.0 Å². The van der Waals surface area contributed by atoms with E-state index < -0.39 is 21.8 Å². The third-order valence-electron chi connectivity index (χ3n) is 5.96. The van der Waals surface area contributed by atoms with Crippen molar-refractivity contribution in [3.05, 3.63) is 53.0 Å². The summed E-state index contributed by atoms with van der Waals surface area (Å²) in [5.41, 5.74) is 2.42. The summed E-state index contributed by atoms with van der Waals surface area (Å²) in [6.45, 7) is 7.93. The highest BCUT2D eigenvalue weighted by molar-refractivity contribution is 7.92. The van der Waals surface area contributed by atoms with Crippen molar-refractivity contribution >= 4 is 27.3 Å². The van der Waals surface area contributed by atoms with Gasteiger partial charge in [-0.05, 0) is 61.4 Å². The van der Waals surface area contributed by atoms with E-state index >= 15 is 0 Å². The molecule has 6 nitrogen and oxygen atoms in total. The fourth-order valence-corrected chi connectivity index (χ4v) is 4.73. The Kier molecular flexibility index (Phi) is 7.54. The molecule has 0 bridgehead atoms. The SMILES string of the molecule is Cc1ccc(CCC(=O)C(C)c2ccc(NS(C)(=O)=O)c(F)c2)c(N2CCCC(C)C2)n1. The van der Waals surface area contributed by atoms with Gasteiger partial charge in [-0.2, -0.15) is 0 Å². The van der Waals surface area contributed by atoms with Crippen LogP contribution in [0, 0.1) is 18.7 Å². The second kappa shape index (κ2) is 9.98. The molecule has 2 aromatic rings. The van der Waals surface area contributed by atoms with Gasteiger partial charge in [0.2, 0.25) is 10.0 Å². The van der Waals surface area contributed by atoms with Gasteiger partial charge in [0.05, 0.1) is 11.9 Å². The highest BCUT2D eigenvalue weighted by Crippen LogP contribution is 2.28. The van der Waals surface area contributed by atoms with Gasteiger partial charge in [-0.1, -0.05) is 26.0 Å². The molecule has 1 saturated heterocycles. The zero-order valence-electron chi connectivity index (χ0n) is 19.2. The summed E-state index contributed by atoms with van der Waals surface area (Å²) in [4.78, 5) is 20.0. The van der Waals surface area contributed by atoms with E-state index in [1.165, 1.54) is 18.6 Å². The van der Waals surface area contributed by atoms with Crippen LogP contribution in [0.4, 0.5) is 15.9 Å². The van der Waals surface area contributed by atoms with Gasteiger partial charge < -0.3 is 4.90 Å². The van der Waals surface area contributed by atoms with Crippen LogP contribution in [0.25, 0.3) is 0 Å². The summed E-state index contributed by atoms with van der Waals surface area (Å²) in [7, 11) is -3.58. The fourth-order valence-electron chi connectivity index (χ4n) is 4.17. The summed E-state index contributed by atoms with van der Waals surface area (Å²) in [5, 5.41) is 0. The summed E-state index contributed by atoms with van der Waals surface area (Å²) >= 11 is 0. The minimum atomic E-state index is -3.58. The summed E-state index contributed by atoms with van der Waals surface area (Å²) in [5.74, 6) is 0.409. The molecule has 0 amide bonds. The van der Waals surface area contributed by atoms with Crippen molar-refractivity contribution in [3.63, 3.8) is 0 Å². The lowest BCUT2D eigenvalue weighted by Crippen LogP contribution is -2.35. The molecule has 0 aliphatic carbocycles. The molecule has 1 aromatic carbocycles. The Morgan fingerprint density at radius 2 is 2.06 bits per heavy atom.